The molecule has 0 radical (unpaired) electrons. The topological polar surface area (TPSA) is 66.4 Å². The number of carboxylic acid groups (broad SMARTS) is 1. The van der Waals surface area contributed by atoms with Gasteiger partial charge in [0, 0.05) is 11.4 Å². The van der Waals surface area contributed by atoms with Gasteiger partial charge in [-0.05, 0) is 74.0 Å². The van der Waals surface area contributed by atoms with E-state index in [9.17, 15) is 9.59 Å². The zero-order valence-electron chi connectivity index (χ0n) is 14.4. The highest BCUT2D eigenvalue weighted by molar-refractivity contribution is 7.99. The van der Waals surface area contributed by atoms with Gasteiger partial charge < -0.3 is 10.4 Å². The molecule has 1 aromatic rings. The van der Waals surface area contributed by atoms with Gasteiger partial charge in [-0.3, -0.25) is 9.59 Å². The quantitative estimate of drug-likeness (QED) is 0.800. The Kier molecular flexibility index (Phi) is 4.52. The minimum atomic E-state index is -0.795. The molecule has 1 aromatic carbocycles. The van der Waals surface area contributed by atoms with Crippen molar-refractivity contribution in [2.45, 2.75) is 44.3 Å². The molecule has 0 heterocycles. The van der Waals surface area contributed by atoms with E-state index < -0.39 is 5.97 Å². The molecule has 4 aliphatic rings. The first-order valence-corrected chi connectivity index (χ1v) is 10.4. The van der Waals surface area contributed by atoms with Gasteiger partial charge in [-0.2, -0.15) is 0 Å². The molecular weight excluding hydrogens is 334 g/mol. The van der Waals surface area contributed by atoms with Crippen molar-refractivity contribution in [1.29, 1.82) is 0 Å². The summed E-state index contributed by atoms with van der Waals surface area (Å²) in [6, 6.07) is 7.83. The lowest BCUT2D eigenvalue weighted by molar-refractivity contribution is -0.140. The van der Waals surface area contributed by atoms with Crippen LogP contribution in [0.5, 0.6) is 0 Å². The molecule has 0 unspecified atom stereocenters. The number of carboxylic acids is 1. The van der Waals surface area contributed by atoms with Crippen LogP contribution < -0.4 is 5.32 Å². The molecular formula is C20H25NO3S. The van der Waals surface area contributed by atoms with Gasteiger partial charge in [-0.25, -0.2) is 0 Å². The maximum absolute atomic E-state index is 13.1. The molecule has 4 saturated carbocycles. The summed E-state index contributed by atoms with van der Waals surface area (Å²) in [6.07, 6.45) is 7.21. The number of carbonyl (C=O) groups is 2. The first kappa shape index (κ1) is 17.0. The van der Waals surface area contributed by atoms with E-state index in [1.807, 2.05) is 24.3 Å². The third-order valence-electron chi connectivity index (χ3n) is 6.20. The number of nitrogens with one attached hydrogen (secondary N) is 1. The van der Waals surface area contributed by atoms with Crippen LogP contribution in [0.1, 0.15) is 44.1 Å². The van der Waals surface area contributed by atoms with E-state index in [-0.39, 0.29) is 17.1 Å². The standard InChI is InChI=1S/C20H25NO3S/c22-18(23)12-25-11-13-2-1-3-17(7-13)21-19(24)20-8-14-4-15(9-20)6-16(5-14)10-20/h1-3,7,14-16H,4-6,8-12H2,(H,21,24)(H,22,23). The van der Waals surface area contributed by atoms with Crippen LogP contribution in [0.15, 0.2) is 24.3 Å². The summed E-state index contributed by atoms with van der Waals surface area (Å²) in [5.74, 6) is 2.44. The molecule has 5 heteroatoms. The van der Waals surface area contributed by atoms with Crippen molar-refractivity contribution in [3.8, 4) is 0 Å². The van der Waals surface area contributed by atoms with Gasteiger partial charge in [-0.15, -0.1) is 11.8 Å². The number of thioether (sulfide) groups is 1. The summed E-state index contributed by atoms with van der Waals surface area (Å²) in [5.41, 5.74) is 1.76. The molecule has 25 heavy (non-hydrogen) atoms. The fraction of sp³-hybridized carbons (Fsp3) is 0.600. The number of amides is 1. The Labute approximate surface area is 152 Å². The number of rotatable bonds is 6. The maximum atomic E-state index is 13.1. The number of anilines is 1. The van der Waals surface area contributed by atoms with Gasteiger partial charge in [0.05, 0.1) is 11.2 Å². The van der Waals surface area contributed by atoms with E-state index in [1.165, 1.54) is 31.0 Å². The Bertz CT molecular complexity index is 652. The molecule has 1 amide bonds. The van der Waals surface area contributed by atoms with Crippen LogP contribution in [0, 0.1) is 23.2 Å². The number of hydrogen-bond acceptors (Lipinski definition) is 3. The zero-order chi connectivity index (χ0) is 17.4. The van der Waals surface area contributed by atoms with Crippen molar-refractivity contribution in [2.75, 3.05) is 11.1 Å². The van der Waals surface area contributed by atoms with E-state index in [0.717, 1.165) is 48.3 Å². The molecule has 4 nitrogen and oxygen atoms in total. The average Bonchev–Trinajstić information content (AvgIpc) is 2.53. The van der Waals surface area contributed by atoms with Crippen molar-refractivity contribution in [1.82, 2.24) is 0 Å². The van der Waals surface area contributed by atoms with Crippen LogP contribution >= 0.6 is 11.8 Å². The number of benzene rings is 1. The molecule has 0 atom stereocenters. The third kappa shape index (κ3) is 3.57. The Morgan fingerprint density at radius 1 is 1.12 bits per heavy atom. The Balaban J connectivity index is 1.42. The van der Waals surface area contributed by atoms with E-state index in [4.69, 9.17) is 5.11 Å². The third-order valence-corrected chi connectivity index (χ3v) is 7.19. The molecule has 4 bridgehead atoms. The second-order valence-corrected chi connectivity index (χ2v) is 9.22. The largest absolute Gasteiger partial charge is 0.481 e. The first-order chi connectivity index (χ1) is 12.0. The lowest BCUT2D eigenvalue weighted by Gasteiger charge is -2.55. The molecule has 0 spiro atoms. The van der Waals surface area contributed by atoms with Crippen molar-refractivity contribution in [3.05, 3.63) is 29.8 Å². The fourth-order valence-corrected chi connectivity index (χ4v) is 6.34. The summed E-state index contributed by atoms with van der Waals surface area (Å²) in [6.45, 7) is 0. The highest BCUT2D eigenvalue weighted by atomic mass is 32.2. The Hall–Kier alpha value is -1.49. The highest BCUT2D eigenvalue weighted by Crippen LogP contribution is 2.60. The van der Waals surface area contributed by atoms with Crippen LogP contribution in [0.4, 0.5) is 5.69 Å². The normalized spacial score (nSPS) is 32.6. The van der Waals surface area contributed by atoms with Crippen LogP contribution in [-0.2, 0) is 15.3 Å². The summed E-state index contributed by atoms with van der Waals surface area (Å²) >= 11 is 1.38. The maximum Gasteiger partial charge on any atom is 0.313 e. The number of hydrogen-bond donors (Lipinski definition) is 2. The molecule has 134 valence electrons. The Morgan fingerprint density at radius 3 is 2.36 bits per heavy atom. The smallest absolute Gasteiger partial charge is 0.313 e. The van der Waals surface area contributed by atoms with Gasteiger partial charge >= 0.3 is 5.97 Å². The average molecular weight is 359 g/mol. The van der Waals surface area contributed by atoms with Crippen LogP contribution in [0.25, 0.3) is 0 Å². The van der Waals surface area contributed by atoms with E-state index in [2.05, 4.69) is 5.32 Å². The lowest BCUT2D eigenvalue weighted by atomic mass is 9.49. The SMILES string of the molecule is O=C(O)CSCc1cccc(NC(=O)C23CC4CC(CC(C4)C2)C3)c1. The van der Waals surface area contributed by atoms with Crippen LogP contribution in [-0.4, -0.2) is 22.7 Å². The van der Waals surface area contributed by atoms with Gasteiger partial charge in [0.2, 0.25) is 5.91 Å². The van der Waals surface area contributed by atoms with Gasteiger partial charge in [-0.1, -0.05) is 12.1 Å². The van der Waals surface area contributed by atoms with Crippen molar-refractivity contribution in [2.24, 2.45) is 23.2 Å². The summed E-state index contributed by atoms with van der Waals surface area (Å²) in [5, 5.41) is 11.9. The van der Waals surface area contributed by atoms with Crippen molar-refractivity contribution >= 4 is 29.3 Å². The minimum absolute atomic E-state index is 0.101. The van der Waals surface area contributed by atoms with Crippen molar-refractivity contribution < 1.29 is 14.7 Å². The summed E-state index contributed by atoms with van der Waals surface area (Å²) in [7, 11) is 0. The number of aliphatic carboxylic acids is 1. The summed E-state index contributed by atoms with van der Waals surface area (Å²) in [4.78, 5) is 23.7. The molecule has 5 rings (SSSR count). The van der Waals surface area contributed by atoms with Crippen molar-refractivity contribution in [3.63, 3.8) is 0 Å². The van der Waals surface area contributed by atoms with Crippen LogP contribution in [0.3, 0.4) is 0 Å². The Morgan fingerprint density at radius 2 is 1.76 bits per heavy atom. The monoisotopic (exact) mass is 359 g/mol. The zero-order valence-corrected chi connectivity index (χ0v) is 15.2. The van der Waals surface area contributed by atoms with Gasteiger partial charge in [0.15, 0.2) is 0 Å². The fourth-order valence-electron chi connectivity index (χ4n) is 5.65. The lowest BCUT2D eigenvalue weighted by Crippen LogP contribution is -2.51. The predicted octanol–water partition coefficient (Wildman–Crippen LogP) is 4.16. The molecule has 0 aliphatic heterocycles. The van der Waals surface area contributed by atoms with E-state index in [0.29, 0.717) is 5.75 Å². The molecule has 2 N–H and O–H groups in total. The van der Waals surface area contributed by atoms with Gasteiger partial charge in [0.25, 0.3) is 0 Å². The minimum Gasteiger partial charge on any atom is -0.481 e. The molecule has 0 saturated heterocycles. The first-order valence-electron chi connectivity index (χ1n) is 9.22. The number of carbonyl (C=O) groups excluding carboxylic acids is 1. The van der Waals surface area contributed by atoms with E-state index in [1.54, 1.807) is 0 Å². The second-order valence-electron chi connectivity index (χ2n) is 8.24. The molecule has 4 aliphatic carbocycles. The molecule has 0 aromatic heterocycles. The highest BCUT2D eigenvalue weighted by Gasteiger charge is 2.54. The molecule has 4 fully saturated rings. The second kappa shape index (κ2) is 6.67. The van der Waals surface area contributed by atoms with E-state index >= 15 is 0 Å². The predicted molar refractivity (Wildman–Crippen MR) is 99.5 cm³/mol. The van der Waals surface area contributed by atoms with Gasteiger partial charge in [0.1, 0.15) is 0 Å². The van der Waals surface area contributed by atoms with Crippen LogP contribution in [0.2, 0.25) is 0 Å². The summed E-state index contributed by atoms with van der Waals surface area (Å²) < 4.78 is 0.